The molecule has 2 aromatic heterocycles. The number of carbonyl (C=O) groups excluding carboxylic acids is 2. The number of hydrogen-bond donors (Lipinski definition) is 1. The number of nitrogens with zero attached hydrogens (tertiary/aromatic N) is 5. The van der Waals surface area contributed by atoms with Crippen LogP contribution in [0.15, 0.2) is 114 Å². The largest absolute Gasteiger partial charge is 0.497 e. The summed E-state index contributed by atoms with van der Waals surface area (Å²) >= 11 is 0. The van der Waals surface area contributed by atoms with E-state index in [2.05, 4.69) is 21.4 Å². The first-order valence-corrected chi connectivity index (χ1v) is 17.0. The van der Waals surface area contributed by atoms with Crippen molar-refractivity contribution >= 4 is 21.7 Å². The lowest BCUT2D eigenvalue weighted by molar-refractivity contribution is -0.132. The number of fused-ring (bicyclic) bond motifs is 1. The number of benzene rings is 2. The highest BCUT2D eigenvalue weighted by atomic mass is 32.2. The number of rotatable bonds is 10. The number of nitrogens with one attached hydrogen (secondary N) is 1. The first-order valence-electron chi connectivity index (χ1n) is 15.5. The summed E-state index contributed by atoms with van der Waals surface area (Å²) in [5.41, 5.74) is 1.47. The molecule has 3 aliphatic rings. The van der Waals surface area contributed by atoms with Gasteiger partial charge in [0.2, 0.25) is 10.0 Å². The molecule has 3 atom stereocenters. The van der Waals surface area contributed by atoms with Crippen molar-refractivity contribution in [2.75, 3.05) is 20.2 Å². The van der Waals surface area contributed by atoms with Gasteiger partial charge in [-0.05, 0) is 83.9 Å². The van der Waals surface area contributed by atoms with Crippen molar-refractivity contribution in [2.45, 2.75) is 29.3 Å². The minimum atomic E-state index is -3.75. The SMILES string of the molecule is COc1ccc(S(=O)(=O)N2C[C@@H]3[C@H](C2)[C@H]3N2C(=O)C(Cc3ccncc3)(Cc3ccncc3)N/C2=C\C(=O)c2ccc(C#N)cc2)cc1. The molecular weight excluding hydrogens is 629 g/mol. The molecule has 1 saturated carbocycles. The number of amides is 1. The van der Waals surface area contributed by atoms with Crippen molar-refractivity contribution in [1.82, 2.24) is 24.5 Å². The van der Waals surface area contributed by atoms with Crippen LogP contribution in [0.3, 0.4) is 0 Å². The predicted octanol–water partition coefficient (Wildman–Crippen LogP) is 3.36. The monoisotopic (exact) mass is 660 g/mol. The number of ketones is 1. The highest BCUT2D eigenvalue weighted by molar-refractivity contribution is 7.89. The van der Waals surface area contributed by atoms with Crippen LogP contribution in [0.25, 0.3) is 0 Å². The van der Waals surface area contributed by atoms with E-state index in [1.165, 1.54) is 29.6 Å². The molecule has 2 aromatic carbocycles. The summed E-state index contributed by atoms with van der Waals surface area (Å²) in [5, 5.41) is 12.7. The molecule has 2 aliphatic heterocycles. The van der Waals surface area contributed by atoms with Crippen LogP contribution in [0, 0.1) is 23.2 Å². The van der Waals surface area contributed by atoms with Gasteiger partial charge >= 0.3 is 0 Å². The molecule has 0 spiro atoms. The zero-order valence-electron chi connectivity index (χ0n) is 26.1. The van der Waals surface area contributed by atoms with Crippen molar-refractivity contribution in [2.24, 2.45) is 11.8 Å². The van der Waals surface area contributed by atoms with Crippen molar-refractivity contribution in [1.29, 1.82) is 5.26 Å². The average Bonchev–Trinajstić information content (AvgIpc) is 3.44. The lowest BCUT2D eigenvalue weighted by Crippen LogP contribution is -2.51. The van der Waals surface area contributed by atoms with Crippen LogP contribution in [0.1, 0.15) is 27.0 Å². The van der Waals surface area contributed by atoms with Gasteiger partial charge in [-0.3, -0.25) is 24.5 Å². The van der Waals surface area contributed by atoms with Crippen LogP contribution in [-0.4, -0.2) is 71.1 Å². The molecule has 0 unspecified atom stereocenters. The second kappa shape index (κ2) is 12.3. The van der Waals surface area contributed by atoms with E-state index < -0.39 is 15.6 Å². The molecule has 1 aliphatic carbocycles. The topological polar surface area (TPSA) is 146 Å². The van der Waals surface area contributed by atoms with E-state index in [-0.39, 0.29) is 47.6 Å². The number of methoxy groups -OCH3 is 1. The third kappa shape index (κ3) is 5.72. The summed E-state index contributed by atoms with van der Waals surface area (Å²) in [6.07, 6.45) is 8.83. The number of hydrogen-bond acceptors (Lipinski definition) is 9. The Morgan fingerprint density at radius 1 is 0.938 bits per heavy atom. The smallest absolute Gasteiger partial charge is 0.254 e. The fourth-order valence-electron chi connectivity index (χ4n) is 6.95. The van der Waals surface area contributed by atoms with E-state index in [0.717, 1.165) is 11.1 Å². The molecule has 48 heavy (non-hydrogen) atoms. The van der Waals surface area contributed by atoms with Crippen LogP contribution in [0.4, 0.5) is 0 Å². The molecule has 12 heteroatoms. The van der Waals surface area contributed by atoms with Gasteiger partial charge in [0.25, 0.3) is 5.91 Å². The molecule has 4 aromatic rings. The zero-order chi connectivity index (χ0) is 33.5. The average molecular weight is 661 g/mol. The second-order valence-corrected chi connectivity index (χ2v) is 14.3. The Balaban J connectivity index is 1.22. The predicted molar refractivity (Wildman–Crippen MR) is 175 cm³/mol. The summed E-state index contributed by atoms with van der Waals surface area (Å²) in [4.78, 5) is 38.6. The molecule has 242 valence electrons. The highest BCUT2D eigenvalue weighted by Gasteiger charge is 2.65. The molecule has 1 N–H and O–H groups in total. The number of ether oxygens (including phenoxy) is 1. The van der Waals surface area contributed by atoms with Gasteiger partial charge in [0.1, 0.15) is 17.1 Å². The Hall–Kier alpha value is -5.38. The molecule has 0 radical (unpaired) electrons. The van der Waals surface area contributed by atoms with Crippen LogP contribution < -0.4 is 10.1 Å². The summed E-state index contributed by atoms with van der Waals surface area (Å²) in [7, 11) is -2.23. The number of sulfonamides is 1. The third-order valence-corrected chi connectivity index (χ3v) is 11.3. The number of aromatic nitrogens is 2. The van der Waals surface area contributed by atoms with Gasteiger partial charge in [-0.2, -0.15) is 9.57 Å². The molecule has 11 nitrogen and oxygen atoms in total. The van der Waals surface area contributed by atoms with Gasteiger partial charge < -0.3 is 10.1 Å². The molecule has 7 rings (SSSR count). The van der Waals surface area contributed by atoms with Crippen LogP contribution in [0.2, 0.25) is 0 Å². The lowest BCUT2D eigenvalue weighted by atomic mass is 9.85. The summed E-state index contributed by atoms with van der Waals surface area (Å²) < 4.78 is 33.7. The van der Waals surface area contributed by atoms with E-state index >= 15 is 0 Å². The van der Waals surface area contributed by atoms with Gasteiger partial charge in [0, 0.05) is 80.2 Å². The Labute approximate surface area is 278 Å². The Morgan fingerprint density at radius 2 is 1.50 bits per heavy atom. The van der Waals surface area contributed by atoms with Gasteiger partial charge in [-0.1, -0.05) is 0 Å². The molecule has 4 heterocycles. The Morgan fingerprint density at radius 3 is 2.02 bits per heavy atom. The Bertz CT molecular complexity index is 1980. The van der Waals surface area contributed by atoms with Gasteiger partial charge in [0.15, 0.2) is 5.78 Å². The molecular formula is C36H32N6O5S. The zero-order valence-corrected chi connectivity index (χ0v) is 26.9. The number of pyridine rings is 2. The van der Waals surface area contributed by atoms with Gasteiger partial charge in [-0.25, -0.2) is 8.42 Å². The summed E-state index contributed by atoms with van der Waals surface area (Å²) in [6, 6.07) is 21.9. The van der Waals surface area contributed by atoms with Crippen molar-refractivity contribution in [3.8, 4) is 11.8 Å². The summed E-state index contributed by atoms with van der Waals surface area (Å²) in [5.74, 6) is 0.234. The highest BCUT2D eigenvalue weighted by Crippen LogP contribution is 2.53. The maximum Gasteiger partial charge on any atom is 0.254 e. The van der Waals surface area contributed by atoms with Crippen LogP contribution >= 0.6 is 0 Å². The first kappa shape index (κ1) is 31.2. The standard InChI is InChI=1S/C36H32N6O5S/c1-47-28-6-8-29(9-7-28)48(45,46)41-22-30-31(23-41)34(30)42-33(18-32(43)27-4-2-26(21-37)3-5-27)40-36(35(42)44,19-24-10-14-38-15-11-24)20-25-12-16-39-17-13-25/h2-18,30-31,34,40H,19-20,22-23H2,1H3/b33-18+/t30-,31+,34+. The van der Waals surface area contributed by atoms with Crippen LogP contribution in [0.5, 0.6) is 5.75 Å². The third-order valence-electron chi connectivity index (χ3n) is 9.44. The van der Waals surface area contributed by atoms with Crippen molar-refractivity contribution in [3.05, 3.63) is 132 Å². The molecule has 0 bridgehead atoms. The lowest BCUT2D eigenvalue weighted by Gasteiger charge is -2.28. The minimum absolute atomic E-state index is 0.102. The fourth-order valence-corrected chi connectivity index (χ4v) is 8.46. The normalized spacial score (nSPS) is 22.2. The van der Waals surface area contributed by atoms with E-state index in [1.807, 2.05) is 24.3 Å². The number of nitriles is 1. The number of allylic oxidation sites excluding steroid dienone is 1. The van der Waals surface area contributed by atoms with Gasteiger partial charge in [-0.15, -0.1) is 0 Å². The number of carbonyl (C=O) groups is 2. The van der Waals surface area contributed by atoms with Crippen molar-refractivity contribution < 1.29 is 22.7 Å². The van der Waals surface area contributed by atoms with E-state index in [1.54, 1.807) is 66.1 Å². The quantitative estimate of drug-likeness (QED) is 0.200. The molecule has 1 amide bonds. The van der Waals surface area contributed by atoms with E-state index in [0.29, 0.717) is 35.5 Å². The summed E-state index contributed by atoms with van der Waals surface area (Å²) in [6.45, 7) is 0.512. The van der Waals surface area contributed by atoms with E-state index in [9.17, 15) is 23.3 Å². The molecule has 3 fully saturated rings. The fraction of sp³-hybridized carbons (Fsp3) is 0.250. The maximum absolute atomic E-state index is 14.8. The Kier molecular flexibility index (Phi) is 8.02. The van der Waals surface area contributed by atoms with Gasteiger partial charge in [0.05, 0.1) is 23.6 Å². The van der Waals surface area contributed by atoms with Crippen LogP contribution in [-0.2, 0) is 27.7 Å². The first-order chi connectivity index (χ1) is 23.2. The van der Waals surface area contributed by atoms with E-state index in [4.69, 9.17) is 4.74 Å². The maximum atomic E-state index is 14.8. The second-order valence-electron chi connectivity index (χ2n) is 12.3. The van der Waals surface area contributed by atoms with Crippen molar-refractivity contribution in [3.63, 3.8) is 0 Å². The number of piperidine rings is 1. The molecule has 2 saturated heterocycles. The minimum Gasteiger partial charge on any atom is -0.497 e.